The van der Waals surface area contributed by atoms with Gasteiger partial charge in [-0.25, -0.2) is 0 Å². The molecule has 6 nitrogen and oxygen atoms in total. The van der Waals surface area contributed by atoms with Gasteiger partial charge in [0, 0.05) is 17.5 Å². The van der Waals surface area contributed by atoms with Gasteiger partial charge in [0.15, 0.2) is 11.5 Å². The minimum Gasteiger partial charge on any atom is -0.485 e. The second kappa shape index (κ2) is 5.12. The van der Waals surface area contributed by atoms with Crippen LogP contribution >= 0.6 is 11.3 Å². The van der Waals surface area contributed by atoms with E-state index >= 15 is 0 Å². The molecule has 0 spiro atoms. The molecule has 3 atom stereocenters. The Morgan fingerprint density at radius 2 is 2.17 bits per heavy atom. The first-order valence-corrected chi connectivity index (χ1v) is 8.89. The van der Waals surface area contributed by atoms with Crippen molar-refractivity contribution in [1.29, 1.82) is 0 Å². The molecule has 0 aromatic carbocycles. The van der Waals surface area contributed by atoms with E-state index in [0.29, 0.717) is 42.4 Å². The fraction of sp³-hybridized carbons (Fsp3) is 0.625. The van der Waals surface area contributed by atoms with Gasteiger partial charge in [0.2, 0.25) is 0 Å². The molecule has 7 heteroatoms. The fourth-order valence-corrected chi connectivity index (χ4v) is 5.25. The van der Waals surface area contributed by atoms with Crippen molar-refractivity contribution < 1.29 is 24.2 Å². The highest BCUT2D eigenvalue weighted by atomic mass is 32.1. The van der Waals surface area contributed by atoms with Gasteiger partial charge in [-0.05, 0) is 25.7 Å². The van der Waals surface area contributed by atoms with Crippen molar-refractivity contribution in [3.63, 3.8) is 0 Å². The van der Waals surface area contributed by atoms with Gasteiger partial charge in [-0.1, -0.05) is 6.92 Å². The first kappa shape index (κ1) is 14.8. The summed E-state index contributed by atoms with van der Waals surface area (Å²) in [6, 6.07) is -0.199. The molecule has 2 bridgehead atoms. The maximum Gasteiger partial charge on any atom is 0.311 e. The summed E-state index contributed by atoms with van der Waals surface area (Å²) in [6.07, 6.45) is 2.76. The van der Waals surface area contributed by atoms with Crippen LogP contribution in [0.2, 0.25) is 0 Å². The van der Waals surface area contributed by atoms with Crippen LogP contribution in [0.5, 0.6) is 11.5 Å². The lowest BCUT2D eigenvalue weighted by Crippen LogP contribution is -2.44. The third kappa shape index (κ3) is 1.92. The molecule has 1 N–H and O–H groups in total. The van der Waals surface area contributed by atoms with Crippen LogP contribution in [-0.2, 0) is 4.79 Å². The van der Waals surface area contributed by atoms with E-state index in [4.69, 9.17) is 9.47 Å². The largest absolute Gasteiger partial charge is 0.485 e. The van der Waals surface area contributed by atoms with E-state index in [-0.39, 0.29) is 18.0 Å². The summed E-state index contributed by atoms with van der Waals surface area (Å²) >= 11 is 1.32. The van der Waals surface area contributed by atoms with Crippen molar-refractivity contribution >= 4 is 23.2 Å². The van der Waals surface area contributed by atoms with Crippen molar-refractivity contribution in [1.82, 2.24) is 4.90 Å². The van der Waals surface area contributed by atoms with Gasteiger partial charge < -0.3 is 19.5 Å². The first-order valence-electron chi connectivity index (χ1n) is 8.01. The molecule has 1 aromatic rings. The zero-order valence-electron chi connectivity index (χ0n) is 12.9. The number of hydrogen-bond donors (Lipinski definition) is 1. The van der Waals surface area contributed by atoms with Crippen LogP contribution in [-0.4, -0.2) is 47.2 Å². The van der Waals surface area contributed by atoms with Crippen molar-refractivity contribution in [3.05, 3.63) is 10.3 Å². The van der Waals surface area contributed by atoms with E-state index in [0.717, 1.165) is 12.8 Å². The normalized spacial score (nSPS) is 31.4. The number of fused-ring (bicyclic) bond motifs is 3. The zero-order valence-corrected chi connectivity index (χ0v) is 13.7. The maximum atomic E-state index is 13.1. The molecule has 1 aromatic heterocycles. The van der Waals surface area contributed by atoms with Crippen molar-refractivity contribution in [2.24, 2.45) is 5.41 Å². The Labute approximate surface area is 138 Å². The maximum absolute atomic E-state index is 13.1. The summed E-state index contributed by atoms with van der Waals surface area (Å²) in [6.45, 7) is 2.83. The predicted octanol–water partition coefficient (Wildman–Crippen LogP) is 2.38. The van der Waals surface area contributed by atoms with Crippen LogP contribution in [0.1, 0.15) is 42.3 Å². The summed E-state index contributed by atoms with van der Waals surface area (Å²) in [5, 5.41) is 11.5. The van der Waals surface area contributed by atoms with Crippen molar-refractivity contribution in [3.8, 4) is 11.5 Å². The van der Waals surface area contributed by atoms with Crippen molar-refractivity contribution in [2.45, 2.75) is 44.7 Å². The van der Waals surface area contributed by atoms with Crippen LogP contribution in [0.3, 0.4) is 0 Å². The lowest BCUT2D eigenvalue weighted by atomic mass is 9.72. The molecule has 1 amide bonds. The Morgan fingerprint density at radius 3 is 2.87 bits per heavy atom. The van der Waals surface area contributed by atoms with Crippen LogP contribution in [0.15, 0.2) is 5.38 Å². The van der Waals surface area contributed by atoms with Crippen LogP contribution in [0.4, 0.5) is 0 Å². The number of amides is 1. The third-order valence-corrected chi connectivity index (χ3v) is 6.45. The lowest BCUT2D eigenvalue weighted by Gasteiger charge is -2.32. The third-order valence-electron chi connectivity index (χ3n) is 5.53. The molecule has 3 aliphatic heterocycles. The van der Waals surface area contributed by atoms with E-state index in [1.54, 1.807) is 5.38 Å². The average molecular weight is 337 g/mol. The fourth-order valence-electron chi connectivity index (χ4n) is 4.38. The second-order valence-electron chi connectivity index (χ2n) is 6.43. The molecule has 0 saturated carbocycles. The molecule has 4 rings (SSSR count). The molecule has 0 radical (unpaired) electrons. The minimum atomic E-state index is -0.798. The number of carbonyl (C=O) groups is 2. The molecular formula is C16H19NO5S. The second-order valence-corrected chi connectivity index (χ2v) is 7.31. The highest BCUT2D eigenvalue weighted by Crippen LogP contribution is 2.53. The smallest absolute Gasteiger partial charge is 0.311 e. The molecule has 2 fully saturated rings. The summed E-state index contributed by atoms with van der Waals surface area (Å²) in [7, 11) is 0. The first-order chi connectivity index (χ1) is 11.1. The SMILES string of the molecule is CC[C@@]1(C(=O)O)C[C@@H]2CC[C@H]1N2C(=O)c1scc2c1OCCO2. The number of nitrogens with zero attached hydrogens (tertiary/aromatic N) is 1. The summed E-state index contributed by atoms with van der Waals surface area (Å²) < 4.78 is 11.1. The Bertz CT molecular complexity index is 671. The molecule has 0 aliphatic carbocycles. The van der Waals surface area contributed by atoms with Crippen LogP contribution < -0.4 is 9.47 Å². The van der Waals surface area contributed by atoms with Gasteiger partial charge in [0.25, 0.3) is 5.91 Å². The Balaban J connectivity index is 1.68. The van der Waals surface area contributed by atoms with Gasteiger partial charge >= 0.3 is 5.97 Å². The molecule has 4 heterocycles. The summed E-state index contributed by atoms with van der Waals surface area (Å²) in [5.41, 5.74) is -0.798. The van der Waals surface area contributed by atoms with E-state index in [2.05, 4.69) is 0 Å². The van der Waals surface area contributed by atoms with E-state index in [1.807, 2.05) is 11.8 Å². The lowest BCUT2D eigenvalue weighted by molar-refractivity contribution is -0.151. The average Bonchev–Trinajstić information content (AvgIpc) is 3.25. The van der Waals surface area contributed by atoms with Gasteiger partial charge in [-0.2, -0.15) is 0 Å². The Kier molecular flexibility index (Phi) is 3.30. The number of aliphatic carboxylic acids is 1. The Morgan fingerprint density at radius 1 is 1.39 bits per heavy atom. The van der Waals surface area contributed by atoms with Gasteiger partial charge in [0.1, 0.15) is 18.1 Å². The van der Waals surface area contributed by atoms with E-state index < -0.39 is 11.4 Å². The zero-order chi connectivity index (χ0) is 16.2. The van der Waals surface area contributed by atoms with E-state index in [9.17, 15) is 14.7 Å². The topological polar surface area (TPSA) is 76.1 Å². The number of carboxylic acids is 1. The standard InChI is InChI=1S/C16H19NO5S/c1-2-16(15(19)20)7-9-3-4-11(16)17(9)14(18)13-12-10(8-23-13)21-5-6-22-12/h8-9,11H,2-7H2,1H3,(H,19,20)/t9-,11+,16+/m0/s1. The van der Waals surface area contributed by atoms with Gasteiger partial charge in [-0.3, -0.25) is 9.59 Å². The number of carboxylic acid groups (broad SMARTS) is 1. The minimum absolute atomic E-state index is 0.0193. The van der Waals surface area contributed by atoms with Gasteiger partial charge in [0.05, 0.1) is 5.41 Å². The highest BCUT2D eigenvalue weighted by molar-refractivity contribution is 7.12. The van der Waals surface area contributed by atoms with Crippen molar-refractivity contribution in [2.75, 3.05) is 13.2 Å². The number of thiophene rings is 1. The number of rotatable bonds is 3. The monoisotopic (exact) mass is 337 g/mol. The number of carbonyl (C=O) groups excluding carboxylic acids is 1. The summed E-state index contributed by atoms with van der Waals surface area (Å²) in [5.74, 6) is 0.259. The predicted molar refractivity (Wildman–Crippen MR) is 83.3 cm³/mol. The quantitative estimate of drug-likeness (QED) is 0.916. The molecule has 124 valence electrons. The number of ether oxygens (including phenoxy) is 2. The molecular weight excluding hydrogens is 318 g/mol. The molecule has 3 aliphatic rings. The van der Waals surface area contributed by atoms with E-state index in [1.165, 1.54) is 11.3 Å². The highest BCUT2D eigenvalue weighted by Gasteiger charge is 2.61. The Hall–Kier alpha value is -1.76. The number of hydrogen-bond acceptors (Lipinski definition) is 5. The molecule has 2 saturated heterocycles. The van der Waals surface area contributed by atoms with Crippen LogP contribution in [0.25, 0.3) is 0 Å². The van der Waals surface area contributed by atoms with Gasteiger partial charge in [-0.15, -0.1) is 11.3 Å². The molecule has 23 heavy (non-hydrogen) atoms. The van der Waals surface area contributed by atoms with Crippen LogP contribution in [0, 0.1) is 5.41 Å². The summed E-state index contributed by atoms with van der Waals surface area (Å²) in [4.78, 5) is 27.3. The molecule has 0 unspecified atom stereocenters.